The molecule has 0 spiro atoms. The van der Waals surface area contributed by atoms with Crippen molar-refractivity contribution in [2.75, 3.05) is 0 Å². The van der Waals surface area contributed by atoms with Gasteiger partial charge in [-0.15, -0.1) is 0 Å². The number of rotatable bonds is 3. The molecule has 2 heterocycles. The molecule has 0 aliphatic heterocycles. The summed E-state index contributed by atoms with van der Waals surface area (Å²) in [7, 11) is 0. The summed E-state index contributed by atoms with van der Waals surface area (Å²) in [5.41, 5.74) is 15.2. The summed E-state index contributed by atoms with van der Waals surface area (Å²) in [6.45, 7) is 0. The molecule has 0 amide bonds. The molecule has 2 heteroatoms. The molecular weight excluding hydrogens is 597 g/mol. The zero-order chi connectivity index (χ0) is 32.1. The van der Waals surface area contributed by atoms with Crippen LogP contribution < -0.4 is 0 Å². The second-order valence-corrected chi connectivity index (χ2v) is 13.2. The number of benzene rings is 8. The molecule has 1 aliphatic rings. The van der Waals surface area contributed by atoms with Gasteiger partial charge in [-0.3, -0.25) is 0 Å². The van der Waals surface area contributed by atoms with Crippen LogP contribution in [0.25, 0.3) is 99.0 Å². The van der Waals surface area contributed by atoms with Gasteiger partial charge in [0.25, 0.3) is 0 Å². The van der Waals surface area contributed by atoms with Crippen molar-refractivity contribution in [2.24, 2.45) is 0 Å². The molecule has 0 atom stereocenters. The second kappa shape index (κ2) is 10.1. The van der Waals surface area contributed by atoms with Gasteiger partial charge in [0.2, 0.25) is 0 Å². The summed E-state index contributed by atoms with van der Waals surface area (Å²) in [6, 6.07) is 54.9. The highest BCUT2D eigenvalue weighted by molar-refractivity contribution is 6.24. The van der Waals surface area contributed by atoms with Gasteiger partial charge in [-0.1, -0.05) is 127 Å². The van der Waals surface area contributed by atoms with Crippen LogP contribution >= 0.6 is 0 Å². The molecule has 2 aromatic heterocycles. The summed E-state index contributed by atoms with van der Waals surface area (Å²) in [5.74, 6) is 0. The Morgan fingerprint density at radius 3 is 1.82 bits per heavy atom. The molecule has 0 saturated carbocycles. The molecule has 0 radical (unpaired) electrons. The molecular formula is C47H28O2. The predicted octanol–water partition coefficient (Wildman–Crippen LogP) is 13.2. The van der Waals surface area contributed by atoms with E-state index in [4.69, 9.17) is 8.83 Å². The number of fused-ring (bicyclic) bond motifs is 10. The molecule has 0 fully saturated rings. The third-order valence-electron chi connectivity index (χ3n) is 10.6. The molecule has 0 unspecified atom stereocenters. The molecule has 11 rings (SSSR count). The summed E-state index contributed by atoms with van der Waals surface area (Å²) in [6.07, 6.45) is 2.82. The highest BCUT2D eigenvalue weighted by atomic mass is 16.4. The maximum Gasteiger partial charge on any atom is 0.178 e. The van der Waals surface area contributed by atoms with Crippen LogP contribution in [0, 0.1) is 0 Å². The first-order chi connectivity index (χ1) is 24.3. The molecule has 228 valence electrons. The van der Waals surface area contributed by atoms with Gasteiger partial charge >= 0.3 is 0 Å². The van der Waals surface area contributed by atoms with Crippen LogP contribution in [-0.2, 0) is 6.42 Å². The van der Waals surface area contributed by atoms with E-state index >= 15 is 0 Å². The van der Waals surface area contributed by atoms with Crippen molar-refractivity contribution >= 4 is 54.5 Å². The number of hydrogen-bond donors (Lipinski definition) is 0. The Bertz CT molecular complexity index is 2900. The van der Waals surface area contributed by atoms with E-state index in [1.807, 2.05) is 12.3 Å². The quantitative estimate of drug-likeness (QED) is 0.183. The maximum absolute atomic E-state index is 6.54. The first-order valence-corrected chi connectivity index (χ1v) is 16.9. The smallest absolute Gasteiger partial charge is 0.178 e. The summed E-state index contributed by atoms with van der Waals surface area (Å²) in [4.78, 5) is 0. The van der Waals surface area contributed by atoms with Gasteiger partial charge in [0.15, 0.2) is 11.2 Å². The zero-order valence-corrected chi connectivity index (χ0v) is 26.5. The van der Waals surface area contributed by atoms with Crippen LogP contribution in [0.15, 0.2) is 167 Å². The molecule has 0 saturated heterocycles. The summed E-state index contributed by atoms with van der Waals surface area (Å²) >= 11 is 0. The van der Waals surface area contributed by atoms with E-state index in [1.54, 1.807) is 0 Å². The zero-order valence-electron chi connectivity index (χ0n) is 26.5. The standard InChI is InChI=1S/C47H28O2/c1-2-11-28(12-3-1)41-27-48-46-38(41)23-22-37-40-26-31(21-24-42(40)49-47(37)46)44-33-16-6-8-18-35(33)45(36-19-9-7-17-34(36)44)39-20-10-14-30-25-29-13-4-5-15-32(29)43(30)39/h1-24,26-27H,25H2. The molecule has 0 bridgehead atoms. The average molecular weight is 625 g/mol. The van der Waals surface area contributed by atoms with Crippen molar-refractivity contribution in [1.82, 2.24) is 0 Å². The highest BCUT2D eigenvalue weighted by Gasteiger charge is 2.25. The van der Waals surface area contributed by atoms with E-state index in [9.17, 15) is 0 Å². The lowest BCUT2D eigenvalue weighted by Gasteiger charge is -2.19. The largest absolute Gasteiger partial charge is 0.460 e. The Kier molecular flexibility index (Phi) is 5.47. The van der Waals surface area contributed by atoms with E-state index in [1.165, 1.54) is 66.1 Å². The highest BCUT2D eigenvalue weighted by Crippen LogP contribution is 2.50. The summed E-state index contributed by atoms with van der Waals surface area (Å²) < 4.78 is 12.7. The fourth-order valence-electron chi connectivity index (χ4n) is 8.45. The minimum absolute atomic E-state index is 0.784. The first-order valence-electron chi connectivity index (χ1n) is 16.9. The van der Waals surface area contributed by atoms with Crippen molar-refractivity contribution in [2.45, 2.75) is 6.42 Å². The molecule has 10 aromatic rings. The lowest BCUT2D eigenvalue weighted by atomic mass is 9.83. The molecule has 2 nitrogen and oxygen atoms in total. The predicted molar refractivity (Wildman–Crippen MR) is 203 cm³/mol. The van der Waals surface area contributed by atoms with E-state index < -0.39 is 0 Å². The lowest BCUT2D eigenvalue weighted by molar-refractivity contribution is 0.600. The van der Waals surface area contributed by atoms with Crippen LogP contribution in [0.2, 0.25) is 0 Å². The van der Waals surface area contributed by atoms with E-state index in [2.05, 4.69) is 146 Å². The van der Waals surface area contributed by atoms with Gasteiger partial charge in [-0.2, -0.15) is 0 Å². The van der Waals surface area contributed by atoms with E-state index in [0.717, 1.165) is 50.5 Å². The van der Waals surface area contributed by atoms with Crippen molar-refractivity contribution in [3.63, 3.8) is 0 Å². The number of furan rings is 2. The first kappa shape index (κ1) is 26.7. The Morgan fingerprint density at radius 1 is 0.367 bits per heavy atom. The van der Waals surface area contributed by atoms with Crippen molar-refractivity contribution in [3.05, 3.63) is 169 Å². The van der Waals surface area contributed by atoms with Crippen LogP contribution in [0.4, 0.5) is 0 Å². The number of hydrogen-bond acceptors (Lipinski definition) is 2. The van der Waals surface area contributed by atoms with Crippen LogP contribution in [0.3, 0.4) is 0 Å². The van der Waals surface area contributed by atoms with Crippen LogP contribution in [0.5, 0.6) is 0 Å². The fraction of sp³-hybridized carbons (Fsp3) is 0.0213. The molecule has 0 N–H and O–H groups in total. The average Bonchev–Trinajstić information content (AvgIpc) is 3.87. The van der Waals surface area contributed by atoms with Gasteiger partial charge in [0.1, 0.15) is 5.58 Å². The van der Waals surface area contributed by atoms with Gasteiger partial charge in [0, 0.05) is 21.7 Å². The third-order valence-corrected chi connectivity index (χ3v) is 10.6. The Balaban J connectivity index is 1.16. The lowest BCUT2D eigenvalue weighted by Crippen LogP contribution is -1.93. The normalized spacial score (nSPS) is 12.4. The molecule has 8 aromatic carbocycles. The fourth-order valence-corrected chi connectivity index (χ4v) is 8.45. The third kappa shape index (κ3) is 3.77. The maximum atomic E-state index is 6.54. The summed E-state index contributed by atoms with van der Waals surface area (Å²) in [5, 5.41) is 8.21. The monoisotopic (exact) mass is 624 g/mol. The minimum atomic E-state index is 0.784. The topological polar surface area (TPSA) is 26.3 Å². The van der Waals surface area contributed by atoms with Crippen molar-refractivity contribution in [3.8, 4) is 44.5 Å². The van der Waals surface area contributed by atoms with Gasteiger partial charge in [0.05, 0.1) is 6.26 Å². The van der Waals surface area contributed by atoms with E-state index in [0.29, 0.717) is 0 Å². The minimum Gasteiger partial charge on any atom is -0.460 e. The van der Waals surface area contributed by atoms with Crippen LogP contribution in [-0.4, -0.2) is 0 Å². The van der Waals surface area contributed by atoms with Gasteiger partial charge < -0.3 is 8.83 Å². The van der Waals surface area contributed by atoms with Gasteiger partial charge in [-0.05, 0) is 102 Å². The second-order valence-electron chi connectivity index (χ2n) is 13.2. The van der Waals surface area contributed by atoms with E-state index in [-0.39, 0.29) is 0 Å². The SMILES string of the molecule is c1ccc(-c2coc3c2ccc2c4cc(-c5c6ccccc6c(-c6cccc7c6-c6ccccc6C7)c6ccccc56)ccc4oc23)cc1. The Morgan fingerprint density at radius 2 is 1.02 bits per heavy atom. The molecule has 1 aliphatic carbocycles. The van der Waals surface area contributed by atoms with Gasteiger partial charge in [-0.25, -0.2) is 0 Å². The Hall–Kier alpha value is -6.38. The van der Waals surface area contributed by atoms with Crippen molar-refractivity contribution < 1.29 is 8.83 Å². The molecule has 49 heavy (non-hydrogen) atoms. The Labute approximate surface area is 282 Å². The van der Waals surface area contributed by atoms with Crippen LogP contribution in [0.1, 0.15) is 11.1 Å². The van der Waals surface area contributed by atoms with Crippen molar-refractivity contribution in [1.29, 1.82) is 0 Å².